The molecule has 0 radical (unpaired) electrons. The Bertz CT molecular complexity index is 298. The summed E-state index contributed by atoms with van der Waals surface area (Å²) in [6.45, 7) is 9.45. The highest BCUT2D eigenvalue weighted by atomic mass is 16.5. The lowest BCUT2D eigenvalue weighted by molar-refractivity contribution is 0.119. The SMILES string of the molecule is COCCN(CCOC)C(=O)NC(C)(C)/N=N/C(C)C. The number of amides is 2. The van der Waals surface area contributed by atoms with Crippen molar-refractivity contribution in [1.29, 1.82) is 0 Å². The summed E-state index contributed by atoms with van der Waals surface area (Å²) in [6.07, 6.45) is 0. The molecule has 7 nitrogen and oxygen atoms in total. The maximum Gasteiger partial charge on any atom is 0.319 e. The van der Waals surface area contributed by atoms with Gasteiger partial charge in [0.25, 0.3) is 0 Å². The first-order valence-corrected chi connectivity index (χ1v) is 6.79. The maximum absolute atomic E-state index is 12.2. The zero-order valence-electron chi connectivity index (χ0n) is 13.5. The van der Waals surface area contributed by atoms with Gasteiger partial charge in [-0.05, 0) is 27.7 Å². The standard InChI is InChI=1S/C13H28N4O3/c1-11(2)15-16-13(3,4)14-12(18)17(7-9-19-5)8-10-20-6/h11H,7-10H2,1-6H3,(H,14,18)/b16-15+. The molecule has 20 heavy (non-hydrogen) atoms. The second kappa shape index (κ2) is 9.66. The number of urea groups is 1. The maximum atomic E-state index is 12.2. The van der Waals surface area contributed by atoms with Gasteiger partial charge in [-0.25, -0.2) is 4.79 Å². The highest BCUT2D eigenvalue weighted by Crippen LogP contribution is 2.07. The molecular formula is C13H28N4O3. The molecule has 0 aliphatic heterocycles. The minimum absolute atomic E-state index is 0.101. The Hall–Kier alpha value is -1.21. The minimum Gasteiger partial charge on any atom is -0.383 e. The molecule has 0 fully saturated rings. The van der Waals surface area contributed by atoms with Crippen molar-refractivity contribution in [2.75, 3.05) is 40.5 Å². The summed E-state index contributed by atoms with van der Waals surface area (Å²) >= 11 is 0. The normalized spacial score (nSPS) is 12.2. The van der Waals surface area contributed by atoms with E-state index in [0.717, 1.165) is 0 Å². The fourth-order valence-electron chi connectivity index (χ4n) is 1.34. The van der Waals surface area contributed by atoms with Crippen molar-refractivity contribution in [2.24, 2.45) is 10.2 Å². The van der Waals surface area contributed by atoms with Crippen LogP contribution in [0.2, 0.25) is 0 Å². The molecular weight excluding hydrogens is 260 g/mol. The number of nitrogens with one attached hydrogen (secondary N) is 1. The average Bonchev–Trinajstić information content (AvgIpc) is 2.36. The van der Waals surface area contributed by atoms with Gasteiger partial charge in [0.2, 0.25) is 0 Å². The summed E-state index contributed by atoms with van der Waals surface area (Å²) in [5.41, 5.74) is -0.736. The minimum atomic E-state index is -0.736. The molecule has 0 aliphatic rings. The van der Waals surface area contributed by atoms with Crippen molar-refractivity contribution in [3.63, 3.8) is 0 Å². The van der Waals surface area contributed by atoms with Crippen molar-refractivity contribution in [1.82, 2.24) is 10.2 Å². The predicted molar refractivity (Wildman–Crippen MR) is 77.9 cm³/mol. The van der Waals surface area contributed by atoms with Crippen LogP contribution in [-0.4, -0.2) is 63.2 Å². The number of rotatable bonds is 9. The monoisotopic (exact) mass is 288 g/mol. The van der Waals surface area contributed by atoms with Crippen LogP contribution in [0, 0.1) is 0 Å². The van der Waals surface area contributed by atoms with Gasteiger partial charge in [-0.1, -0.05) is 0 Å². The van der Waals surface area contributed by atoms with Crippen molar-refractivity contribution in [2.45, 2.75) is 39.4 Å². The van der Waals surface area contributed by atoms with E-state index in [1.54, 1.807) is 19.1 Å². The van der Waals surface area contributed by atoms with E-state index in [9.17, 15) is 4.79 Å². The molecule has 0 atom stereocenters. The lowest BCUT2D eigenvalue weighted by Gasteiger charge is -2.27. The van der Waals surface area contributed by atoms with Gasteiger partial charge in [0, 0.05) is 27.3 Å². The molecule has 0 aromatic heterocycles. The van der Waals surface area contributed by atoms with Gasteiger partial charge in [0.05, 0.1) is 19.3 Å². The summed E-state index contributed by atoms with van der Waals surface area (Å²) in [6, 6.07) is -0.101. The second-order valence-electron chi connectivity index (χ2n) is 5.27. The van der Waals surface area contributed by atoms with E-state index in [-0.39, 0.29) is 12.1 Å². The van der Waals surface area contributed by atoms with Crippen LogP contribution in [0.1, 0.15) is 27.7 Å². The molecule has 0 rings (SSSR count). The number of carbonyl (C=O) groups is 1. The van der Waals surface area contributed by atoms with Crippen LogP contribution in [0.5, 0.6) is 0 Å². The van der Waals surface area contributed by atoms with E-state index < -0.39 is 5.66 Å². The molecule has 0 saturated heterocycles. The van der Waals surface area contributed by atoms with Crippen LogP contribution in [0.25, 0.3) is 0 Å². The Morgan fingerprint density at radius 2 is 1.70 bits per heavy atom. The number of hydrogen-bond donors (Lipinski definition) is 1. The zero-order chi connectivity index (χ0) is 15.6. The Labute approximate surface area is 121 Å². The van der Waals surface area contributed by atoms with Crippen LogP contribution in [0.4, 0.5) is 4.79 Å². The van der Waals surface area contributed by atoms with E-state index in [1.807, 2.05) is 27.7 Å². The van der Waals surface area contributed by atoms with Crippen molar-refractivity contribution >= 4 is 6.03 Å². The number of ether oxygens (including phenoxy) is 2. The third-order valence-corrected chi connectivity index (χ3v) is 2.37. The molecule has 0 heterocycles. The summed E-state index contributed by atoms with van der Waals surface area (Å²) in [7, 11) is 3.21. The topological polar surface area (TPSA) is 75.5 Å². The first-order chi connectivity index (χ1) is 9.32. The lowest BCUT2D eigenvalue weighted by Crippen LogP contribution is -2.50. The highest BCUT2D eigenvalue weighted by molar-refractivity contribution is 5.74. The van der Waals surface area contributed by atoms with Gasteiger partial charge in [-0.3, -0.25) is 0 Å². The van der Waals surface area contributed by atoms with Crippen molar-refractivity contribution in [3.05, 3.63) is 0 Å². The van der Waals surface area contributed by atoms with Crippen LogP contribution >= 0.6 is 0 Å². The summed E-state index contributed by atoms with van der Waals surface area (Å²) in [4.78, 5) is 13.9. The molecule has 118 valence electrons. The van der Waals surface area contributed by atoms with E-state index >= 15 is 0 Å². The van der Waals surface area contributed by atoms with Gasteiger partial charge in [0.1, 0.15) is 5.66 Å². The third-order valence-electron chi connectivity index (χ3n) is 2.37. The van der Waals surface area contributed by atoms with Gasteiger partial charge in [-0.2, -0.15) is 10.2 Å². The fraction of sp³-hybridized carbons (Fsp3) is 0.923. The van der Waals surface area contributed by atoms with Gasteiger partial charge < -0.3 is 19.7 Å². The third kappa shape index (κ3) is 8.82. The predicted octanol–water partition coefficient (Wildman–Crippen LogP) is 1.89. The second-order valence-corrected chi connectivity index (χ2v) is 5.27. The lowest BCUT2D eigenvalue weighted by atomic mass is 10.2. The summed E-state index contributed by atoms with van der Waals surface area (Å²) in [5.74, 6) is 0. The van der Waals surface area contributed by atoms with Crippen LogP contribution in [0.3, 0.4) is 0 Å². The van der Waals surface area contributed by atoms with Crippen LogP contribution < -0.4 is 5.32 Å². The van der Waals surface area contributed by atoms with Crippen LogP contribution in [-0.2, 0) is 9.47 Å². The quantitative estimate of drug-likeness (QED) is 0.658. The molecule has 0 aliphatic carbocycles. The first-order valence-electron chi connectivity index (χ1n) is 6.79. The molecule has 0 saturated carbocycles. The van der Waals surface area contributed by atoms with Gasteiger partial charge in [0.15, 0.2) is 0 Å². The molecule has 0 bridgehead atoms. The Kier molecular flexibility index (Phi) is 9.07. The van der Waals surface area contributed by atoms with E-state index in [4.69, 9.17) is 9.47 Å². The average molecular weight is 288 g/mol. The molecule has 0 aromatic rings. The number of carbonyl (C=O) groups excluding carboxylic acids is 1. The molecule has 7 heteroatoms. The Balaban J connectivity index is 4.55. The molecule has 0 aromatic carbocycles. The Morgan fingerprint density at radius 3 is 2.10 bits per heavy atom. The smallest absolute Gasteiger partial charge is 0.319 e. The molecule has 0 spiro atoms. The van der Waals surface area contributed by atoms with E-state index in [1.165, 1.54) is 0 Å². The zero-order valence-corrected chi connectivity index (χ0v) is 13.5. The number of nitrogens with zero attached hydrogens (tertiary/aromatic N) is 3. The van der Waals surface area contributed by atoms with Crippen LogP contribution in [0.15, 0.2) is 10.2 Å². The van der Waals surface area contributed by atoms with Crippen molar-refractivity contribution in [3.8, 4) is 0 Å². The molecule has 2 amide bonds. The van der Waals surface area contributed by atoms with E-state index in [0.29, 0.717) is 26.3 Å². The molecule has 1 N–H and O–H groups in total. The highest BCUT2D eigenvalue weighted by Gasteiger charge is 2.23. The van der Waals surface area contributed by atoms with E-state index in [2.05, 4.69) is 15.5 Å². The first kappa shape index (κ1) is 18.8. The largest absolute Gasteiger partial charge is 0.383 e. The molecule has 0 unspecified atom stereocenters. The summed E-state index contributed by atoms with van der Waals surface area (Å²) < 4.78 is 10.0. The summed E-state index contributed by atoms with van der Waals surface area (Å²) in [5, 5.41) is 11.1. The fourth-order valence-corrected chi connectivity index (χ4v) is 1.34. The van der Waals surface area contributed by atoms with Gasteiger partial charge in [-0.15, -0.1) is 0 Å². The van der Waals surface area contributed by atoms with Gasteiger partial charge >= 0.3 is 6.03 Å². The Morgan fingerprint density at radius 1 is 1.20 bits per heavy atom. The number of azo groups is 1. The number of methoxy groups -OCH3 is 2. The number of hydrogen-bond acceptors (Lipinski definition) is 5. The van der Waals surface area contributed by atoms with Crippen molar-refractivity contribution < 1.29 is 14.3 Å².